The van der Waals surface area contributed by atoms with Crippen LogP contribution in [-0.4, -0.2) is 27.3 Å². The number of nitrogens with one attached hydrogen (secondary N) is 3. The van der Waals surface area contributed by atoms with E-state index in [1.807, 2.05) is 18.2 Å². The van der Waals surface area contributed by atoms with Crippen molar-refractivity contribution in [1.82, 2.24) is 15.0 Å². The lowest BCUT2D eigenvalue weighted by Crippen LogP contribution is -2.25. The van der Waals surface area contributed by atoms with Gasteiger partial charge in [-0.25, -0.2) is 0 Å². The van der Waals surface area contributed by atoms with Crippen LogP contribution >= 0.6 is 0 Å². The summed E-state index contributed by atoms with van der Waals surface area (Å²) < 4.78 is 0. The summed E-state index contributed by atoms with van der Waals surface area (Å²) >= 11 is 0. The summed E-state index contributed by atoms with van der Waals surface area (Å²) in [6, 6.07) is 16.5. The highest BCUT2D eigenvalue weighted by molar-refractivity contribution is 5.78. The summed E-state index contributed by atoms with van der Waals surface area (Å²) in [5.74, 6) is 2.72. The molecule has 0 amide bonds. The van der Waals surface area contributed by atoms with Gasteiger partial charge in [0.2, 0.25) is 17.8 Å². The van der Waals surface area contributed by atoms with E-state index in [0.29, 0.717) is 42.6 Å². The molecule has 1 aromatic heterocycles. The van der Waals surface area contributed by atoms with Crippen LogP contribution in [0.5, 0.6) is 0 Å². The Morgan fingerprint density at radius 1 is 0.800 bits per heavy atom. The van der Waals surface area contributed by atoms with Crippen LogP contribution in [0.1, 0.15) is 54.9 Å². The van der Waals surface area contributed by atoms with E-state index in [2.05, 4.69) is 75.1 Å². The summed E-state index contributed by atoms with van der Waals surface area (Å²) in [7, 11) is 0. The molecule has 0 unspecified atom stereocenters. The molecule has 1 heterocycles. The van der Waals surface area contributed by atoms with E-state index in [-0.39, 0.29) is 5.92 Å². The molecule has 1 aliphatic rings. The third-order valence-corrected chi connectivity index (χ3v) is 7.05. The molecule has 3 aromatic rings. The minimum Gasteiger partial charge on any atom is -0.354 e. The van der Waals surface area contributed by atoms with Crippen molar-refractivity contribution >= 4 is 23.6 Å². The number of anilines is 3. The number of hydrogen-bond donors (Lipinski definition) is 3. The summed E-state index contributed by atoms with van der Waals surface area (Å²) in [5, 5.41) is 10.2. The lowest BCUT2D eigenvalue weighted by Gasteiger charge is -2.27. The zero-order valence-corrected chi connectivity index (χ0v) is 21.0. The van der Waals surface area contributed by atoms with Crippen LogP contribution in [0.15, 0.2) is 48.5 Å². The summed E-state index contributed by atoms with van der Waals surface area (Å²) in [6.45, 7) is 8.05. The number of Topliss-reactive ketones (excluding diaryl/α,β-unsaturated/α-hetero) is 1. The SMILES string of the molecule is Cc1cccc(CNc2nc(NCc3ccccc3)nc(NC[C@H]3CC[C@H](C(C)=O)CC3)n2)c1C. The molecule has 7 nitrogen and oxygen atoms in total. The number of carbonyl (C=O) groups excluding carboxylic acids is 1. The first kappa shape index (κ1) is 24.6. The molecule has 1 aliphatic carbocycles. The van der Waals surface area contributed by atoms with E-state index in [0.717, 1.165) is 37.8 Å². The predicted octanol–water partition coefficient (Wildman–Crippen LogP) is 5.52. The first-order valence-corrected chi connectivity index (χ1v) is 12.5. The van der Waals surface area contributed by atoms with Gasteiger partial charge in [0, 0.05) is 25.6 Å². The van der Waals surface area contributed by atoms with Gasteiger partial charge in [0.05, 0.1) is 0 Å². The van der Waals surface area contributed by atoms with Gasteiger partial charge in [-0.3, -0.25) is 4.79 Å². The minimum absolute atomic E-state index is 0.234. The average Bonchev–Trinajstić information content (AvgIpc) is 2.88. The van der Waals surface area contributed by atoms with E-state index in [1.165, 1.54) is 16.7 Å². The highest BCUT2D eigenvalue weighted by Crippen LogP contribution is 2.29. The molecular weight excluding hydrogens is 436 g/mol. The number of nitrogens with zero attached hydrogens (tertiary/aromatic N) is 3. The smallest absolute Gasteiger partial charge is 0.229 e. The van der Waals surface area contributed by atoms with Gasteiger partial charge in [-0.05, 0) is 74.6 Å². The van der Waals surface area contributed by atoms with Crippen LogP contribution < -0.4 is 16.0 Å². The van der Waals surface area contributed by atoms with Gasteiger partial charge >= 0.3 is 0 Å². The molecule has 1 saturated carbocycles. The second-order valence-electron chi connectivity index (χ2n) is 9.57. The van der Waals surface area contributed by atoms with Crippen LogP contribution in [0.2, 0.25) is 0 Å². The topological polar surface area (TPSA) is 91.8 Å². The number of aromatic nitrogens is 3. The van der Waals surface area contributed by atoms with E-state index < -0.39 is 0 Å². The number of hydrogen-bond acceptors (Lipinski definition) is 7. The zero-order chi connectivity index (χ0) is 24.6. The molecule has 1 fully saturated rings. The largest absolute Gasteiger partial charge is 0.354 e. The fourth-order valence-electron chi connectivity index (χ4n) is 4.58. The third kappa shape index (κ3) is 7.01. The van der Waals surface area contributed by atoms with E-state index in [4.69, 9.17) is 0 Å². The number of rotatable bonds is 10. The maximum atomic E-state index is 11.7. The van der Waals surface area contributed by atoms with E-state index in [1.54, 1.807) is 6.92 Å². The summed E-state index contributed by atoms with van der Waals surface area (Å²) in [4.78, 5) is 25.6. The number of ketones is 1. The van der Waals surface area contributed by atoms with Gasteiger partial charge in [0.25, 0.3) is 0 Å². The standard InChI is InChI=1S/C28H36N6O/c1-19-8-7-11-25(20(19)2)18-31-28-33-26(29-16-22-9-5-4-6-10-22)32-27(34-28)30-17-23-12-14-24(15-13-23)21(3)35/h4-11,23-24H,12-18H2,1-3H3,(H3,29,30,31,32,33,34)/t23-,24-. The third-order valence-electron chi connectivity index (χ3n) is 7.05. The molecule has 7 heteroatoms. The van der Waals surface area contributed by atoms with E-state index in [9.17, 15) is 4.79 Å². The average molecular weight is 473 g/mol. The zero-order valence-electron chi connectivity index (χ0n) is 21.0. The molecular formula is C28H36N6O. The van der Waals surface area contributed by atoms with Gasteiger partial charge in [-0.1, -0.05) is 48.5 Å². The molecule has 0 spiro atoms. The molecule has 3 N–H and O–H groups in total. The molecule has 4 rings (SSSR count). The first-order valence-electron chi connectivity index (χ1n) is 12.5. The van der Waals surface area contributed by atoms with Crippen LogP contribution in [0.3, 0.4) is 0 Å². The van der Waals surface area contributed by atoms with Crippen LogP contribution in [-0.2, 0) is 17.9 Å². The fraction of sp³-hybridized carbons (Fsp3) is 0.429. The number of aryl methyl sites for hydroxylation is 1. The minimum atomic E-state index is 0.234. The molecule has 0 bridgehead atoms. The Bertz CT molecular complexity index is 1130. The predicted molar refractivity (Wildman–Crippen MR) is 141 cm³/mol. The van der Waals surface area contributed by atoms with Crippen molar-refractivity contribution in [3.8, 4) is 0 Å². The van der Waals surface area contributed by atoms with Crippen molar-refractivity contribution < 1.29 is 4.79 Å². The number of benzene rings is 2. The Kier molecular flexibility index (Phi) is 8.29. The van der Waals surface area contributed by atoms with Crippen molar-refractivity contribution in [2.24, 2.45) is 11.8 Å². The normalized spacial score (nSPS) is 17.6. The summed E-state index contributed by atoms with van der Waals surface area (Å²) in [6.07, 6.45) is 4.06. The van der Waals surface area contributed by atoms with Crippen molar-refractivity contribution in [3.63, 3.8) is 0 Å². The molecule has 184 valence electrons. The molecule has 2 aromatic carbocycles. The van der Waals surface area contributed by atoms with E-state index >= 15 is 0 Å². The van der Waals surface area contributed by atoms with Crippen molar-refractivity contribution in [1.29, 1.82) is 0 Å². The van der Waals surface area contributed by atoms with Gasteiger partial charge in [0.1, 0.15) is 5.78 Å². The van der Waals surface area contributed by atoms with Crippen LogP contribution in [0.4, 0.5) is 17.8 Å². The maximum Gasteiger partial charge on any atom is 0.229 e. The monoisotopic (exact) mass is 472 g/mol. The Hall–Kier alpha value is -3.48. The second kappa shape index (κ2) is 11.8. The number of carbonyl (C=O) groups is 1. The highest BCUT2D eigenvalue weighted by Gasteiger charge is 2.24. The van der Waals surface area contributed by atoms with Crippen LogP contribution in [0, 0.1) is 25.7 Å². The molecule has 0 saturated heterocycles. The summed E-state index contributed by atoms with van der Waals surface area (Å²) in [5.41, 5.74) is 4.93. The van der Waals surface area contributed by atoms with Crippen LogP contribution in [0.25, 0.3) is 0 Å². The second-order valence-corrected chi connectivity index (χ2v) is 9.57. The Balaban J connectivity index is 1.44. The van der Waals surface area contributed by atoms with Crippen molar-refractivity contribution in [3.05, 3.63) is 70.8 Å². The highest BCUT2D eigenvalue weighted by atomic mass is 16.1. The Morgan fingerprint density at radius 3 is 2.09 bits per heavy atom. The molecule has 0 aliphatic heterocycles. The lowest BCUT2D eigenvalue weighted by atomic mass is 9.80. The maximum absolute atomic E-state index is 11.7. The van der Waals surface area contributed by atoms with Crippen molar-refractivity contribution in [2.75, 3.05) is 22.5 Å². The molecule has 0 atom stereocenters. The molecule has 35 heavy (non-hydrogen) atoms. The van der Waals surface area contributed by atoms with Gasteiger partial charge < -0.3 is 16.0 Å². The Labute approximate surface area is 208 Å². The first-order chi connectivity index (χ1) is 17.0. The van der Waals surface area contributed by atoms with Gasteiger partial charge in [-0.15, -0.1) is 0 Å². The quantitative estimate of drug-likeness (QED) is 0.358. The Morgan fingerprint density at radius 2 is 1.43 bits per heavy atom. The van der Waals surface area contributed by atoms with Gasteiger partial charge in [-0.2, -0.15) is 15.0 Å². The lowest BCUT2D eigenvalue weighted by molar-refractivity contribution is -0.121. The van der Waals surface area contributed by atoms with Gasteiger partial charge in [0.15, 0.2) is 0 Å². The molecule has 0 radical (unpaired) electrons. The fourth-order valence-corrected chi connectivity index (χ4v) is 4.58. The van der Waals surface area contributed by atoms with Crippen molar-refractivity contribution in [2.45, 2.75) is 59.5 Å².